The van der Waals surface area contributed by atoms with E-state index < -0.39 is 4.92 Å². The van der Waals surface area contributed by atoms with Gasteiger partial charge in [0, 0.05) is 40.8 Å². The maximum atomic E-state index is 12.7. The summed E-state index contributed by atoms with van der Waals surface area (Å²) in [7, 11) is 0. The van der Waals surface area contributed by atoms with Gasteiger partial charge in [0.05, 0.1) is 11.5 Å². The highest BCUT2D eigenvalue weighted by atomic mass is 16.6. The van der Waals surface area contributed by atoms with Gasteiger partial charge in [-0.1, -0.05) is 24.3 Å². The van der Waals surface area contributed by atoms with Crippen molar-refractivity contribution in [2.24, 2.45) is 0 Å². The van der Waals surface area contributed by atoms with Gasteiger partial charge in [-0.05, 0) is 24.1 Å². The second-order valence-corrected chi connectivity index (χ2v) is 5.91. The molecule has 0 saturated carbocycles. The highest BCUT2D eigenvalue weighted by Gasteiger charge is 2.25. The number of carbonyl (C=O) groups is 1. The normalized spacial score (nSPS) is 13.8. The molecule has 3 aromatic rings. The minimum atomic E-state index is -0.483. The molecule has 0 radical (unpaired) electrons. The molecule has 6 heteroatoms. The van der Waals surface area contributed by atoms with E-state index in [4.69, 9.17) is 0 Å². The Morgan fingerprint density at radius 2 is 2.00 bits per heavy atom. The lowest BCUT2D eigenvalue weighted by atomic mass is 10.0. The van der Waals surface area contributed by atoms with Crippen molar-refractivity contribution in [3.63, 3.8) is 0 Å². The van der Waals surface area contributed by atoms with Crippen LogP contribution >= 0.6 is 0 Å². The number of para-hydroxylation sites is 1. The average Bonchev–Trinajstić information content (AvgIpc) is 2.99. The van der Waals surface area contributed by atoms with Crippen molar-refractivity contribution in [2.45, 2.75) is 13.0 Å². The Bertz CT molecular complexity index is 961. The largest absolute Gasteiger partial charge is 0.357 e. The molecule has 0 aliphatic carbocycles. The van der Waals surface area contributed by atoms with Gasteiger partial charge in [-0.15, -0.1) is 0 Å². The van der Waals surface area contributed by atoms with Crippen molar-refractivity contribution in [3.05, 3.63) is 75.5 Å². The monoisotopic (exact) mass is 321 g/mol. The van der Waals surface area contributed by atoms with Crippen molar-refractivity contribution in [1.29, 1.82) is 0 Å². The summed E-state index contributed by atoms with van der Waals surface area (Å²) in [6.07, 6.45) is 0.778. The second kappa shape index (κ2) is 5.49. The molecule has 0 atom stereocenters. The Morgan fingerprint density at radius 3 is 2.83 bits per heavy atom. The van der Waals surface area contributed by atoms with Gasteiger partial charge >= 0.3 is 0 Å². The van der Waals surface area contributed by atoms with Crippen molar-refractivity contribution in [1.82, 2.24) is 9.88 Å². The van der Waals surface area contributed by atoms with Crippen molar-refractivity contribution in [2.75, 3.05) is 6.54 Å². The van der Waals surface area contributed by atoms with E-state index in [1.165, 1.54) is 23.1 Å². The molecule has 0 unspecified atom stereocenters. The zero-order valence-corrected chi connectivity index (χ0v) is 12.9. The first-order valence-electron chi connectivity index (χ1n) is 7.75. The predicted molar refractivity (Wildman–Crippen MR) is 89.8 cm³/mol. The molecule has 0 fully saturated rings. The number of nitro benzene ring substituents is 1. The summed E-state index contributed by atoms with van der Waals surface area (Å²) in [5.41, 5.74) is 3.66. The number of carbonyl (C=O) groups excluding carboxylic acids is 1. The summed E-state index contributed by atoms with van der Waals surface area (Å²) in [6, 6.07) is 14.0. The number of aromatic amines is 1. The fraction of sp³-hybridized carbons (Fsp3) is 0.167. The number of rotatable bonds is 2. The molecule has 2 heterocycles. The molecule has 6 nitrogen and oxygen atoms in total. The van der Waals surface area contributed by atoms with Gasteiger partial charge in [-0.3, -0.25) is 14.9 Å². The number of benzene rings is 2. The van der Waals surface area contributed by atoms with Crippen LogP contribution in [-0.2, 0) is 13.0 Å². The Morgan fingerprint density at radius 1 is 1.17 bits per heavy atom. The summed E-state index contributed by atoms with van der Waals surface area (Å²) in [5.74, 6) is -0.178. The number of amides is 1. The molecule has 1 aliphatic rings. The number of non-ortho nitro benzene ring substituents is 1. The molecular formula is C18H15N3O3. The lowest BCUT2D eigenvalue weighted by Crippen LogP contribution is -2.35. The van der Waals surface area contributed by atoms with Gasteiger partial charge in [0.1, 0.15) is 0 Å². The molecule has 24 heavy (non-hydrogen) atoms. The first-order valence-corrected chi connectivity index (χ1v) is 7.75. The zero-order chi connectivity index (χ0) is 16.7. The third-order valence-electron chi connectivity index (χ3n) is 4.47. The lowest BCUT2D eigenvalue weighted by Gasteiger charge is -2.27. The van der Waals surface area contributed by atoms with Crippen LogP contribution < -0.4 is 0 Å². The van der Waals surface area contributed by atoms with Gasteiger partial charge in [-0.25, -0.2) is 0 Å². The smallest absolute Gasteiger partial charge is 0.270 e. The number of nitrogens with one attached hydrogen (secondary N) is 1. The molecule has 120 valence electrons. The maximum Gasteiger partial charge on any atom is 0.270 e. The number of fused-ring (bicyclic) bond motifs is 3. The molecular weight excluding hydrogens is 306 g/mol. The first kappa shape index (κ1) is 14.4. The van der Waals surface area contributed by atoms with Gasteiger partial charge in [0.15, 0.2) is 0 Å². The zero-order valence-electron chi connectivity index (χ0n) is 12.9. The summed E-state index contributed by atoms with van der Waals surface area (Å²) in [4.78, 5) is 28.2. The number of nitro groups is 1. The van der Waals surface area contributed by atoms with Crippen molar-refractivity contribution >= 4 is 22.5 Å². The van der Waals surface area contributed by atoms with Gasteiger partial charge < -0.3 is 9.88 Å². The van der Waals surface area contributed by atoms with Crippen LogP contribution in [0.15, 0.2) is 48.5 Å². The quantitative estimate of drug-likeness (QED) is 0.581. The number of hydrogen-bond acceptors (Lipinski definition) is 3. The van der Waals surface area contributed by atoms with Gasteiger partial charge in [0.2, 0.25) is 0 Å². The Balaban J connectivity index is 1.63. The van der Waals surface area contributed by atoms with Crippen LogP contribution in [0.3, 0.4) is 0 Å². The van der Waals surface area contributed by atoms with Crippen LogP contribution in [0.25, 0.3) is 10.9 Å². The lowest BCUT2D eigenvalue weighted by molar-refractivity contribution is -0.384. The van der Waals surface area contributed by atoms with Crippen LogP contribution in [0.2, 0.25) is 0 Å². The number of aromatic nitrogens is 1. The third-order valence-corrected chi connectivity index (χ3v) is 4.47. The summed E-state index contributed by atoms with van der Waals surface area (Å²) >= 11 is 0. The van der Waals surface area contributed by atoms with E-state index in [-0.39, 0.29) is 11.6 Å². The van der Waals surface area contributed by atoms with E-state index in [0.29, 0.717) is 18.7 Å². The maximum absolute atomic E-state index is 12.7. The summed E-state index contributed by atoms with van der Waals surface area (Å²) in [6.45, 7) is 1.10. The molecule has 1 amide bonds. The Kier molecular flexibility index (Phi) is 3.30. The van der Waals surface area contributed by atoms with Crippen LogP contribution in [0.4, 0.5) is 5.69 Å². The third kappa shape index (κ3) is 2.32. The fourth-order valence-corrected chi connectivity index (χ4v) is 3.30. The van der Waals surface area contributed by atoms with Crippen molar-refractivity contribution in [3.8, 4) is 0 Å². The number of H-pyrrole nitrogens is 1. The van der Waals surface area contributed by atoms with E-state index in [2.05, 4.69) is 11.1 Å². The first-order chi connectivity index (χ1) is 11.6. The summed E-state index contributed by atoms with van der Waals surface area (Å²) in [5, 5.41) is 12.1. The minimum absolute atomic E-state index is 0.0656. The molecule has 0 bridgehead atoms. The predicted octanol–water partition coefficient (Wildman–Crippen LogP) is 3.27. The van der Waals surface area contributed by atoms with Crippen LogP contribution in [0.1, 0.15) is 21.6 Å². The molecule has 1 aromatic heterocycles. The van der Waals surface area contributed by atoms with Crippen molar-refractivity contribution < 1.29 is 9.72 Å². The topological polar surface area (TPSA) is 79.2 Å². The molecule has 1 N–H and O–H groups in total. The Hall–Kier alpha value is -3.15. The Labute approximate surface area is 137 Å². The molecule has 4 rings (SSSR count). The highest BCUT2D eigenvalue weighted by molar-refractivity contribution is 5.95. The minimum Gasteiger partial charge on any atom is -0.357 e. The van der Waals surface area contributed by atoms with E-state index in [9.17, 15) is 14.9 Å². The molecule has 2 aromatic carbocycles. The number of hydrogen-bond donors (Lipinski definition) is 1. The van der Waals surface area contributed by atoms with E-state index >= 15 is 0 Å². The second-order valence-electron chi connectivity index (χ2n) is 5.91. The summed E-state index contributed by atoms with van der Waals surface area (Å²) < 4.78 is 0. The fourth-order valence-electron chi connectivity index (χ4n) is 3.30. The molecule has 0 saturated heterocycles. The van der Waals surface area contributed by atoms with Crippen LogP contribution in [0.5, 0.6) is 0 Å². The molecule has 0 spiro atoms. The number of nitrogens with zero attached hydrogens (tertiary/aromatic N) is 2. The SMILES string of the molecule is O=C(c1cccc([N+](=O)[O-])c1)N1CCc2c([nH]c3ccccc23)C1. The van der Waals surface area contributed by atoms with Gasteiger partial charge in [0.25, 0.3) is 11.6 Å². The van der Waals surface area contributed by atoms with E-state index in [0.717, 1.165) is 17.6 Å². The average molecular weight is 321 g/mol. The highest BCUT2D eigenvalue weighted by Crippen LogP contribution is 2.28. The van der Waals surface area contributed by atoms with Crippen LogP contribution in [-0.4, -0.2) is 27.3 Å². The van der Waals surface area contributed by atoms with E-state index in [1.807, 2.05) is 18.2 Å². The van der Waals surface area contributed by atoms with Crippen LogP contribution in [0, 0.1) is 10.1 Å². The van der Waals surface area contributed by atoms with Gasteiger partial charge in [-0.2, -0.15) is 0 Å². The van der Waals surface area contributed by atoms with E-state index in [1.54, 1.807) is 17.0 Å². The molecule has 1 aliphatic heterocycles. The standard InChI is InChI=1S/C18H15N3O3/c22-18(12-4-3-5-13(10-12)21(23)24)20-9-8-15-14-6-1-2-7-16(14)19-17(15)11-20/h1-7,10,19H,8-9,11H2.